The Morgan fingerprint density at radius 2 is 1.69 bits per heavy atom. The van der Waals surface area contributed by atoms with Gasteiger partial charge in [-0.1, -0.05) is 6.92 Å². The second-order valence-corrected chi connectivity index (χ2v) is 7.74. The highest BCUT2D eigenvalue weighted by molar-refractivity contribution is 6.03. The molecule has 0 saturated heterocycles. The lowest BCUT2D eigenvalue weighted by atomic mass is 10.1. The molecule has 6 nitrogen and oxygen atoms in total. The van der Waals surface area contributed by atoms with Gasteiger partial charge in [0, 0.05) is 23.7 Å². The predicted octanol–water partition coefficient (Wildman–Crippen LogP) is 4.12. The van der Waals surface area contributed by atoms with E-state index in [4.69, 9.17) is 0 Å². The first kappa shape index (κ1) is 18.2. The van der Waals surface area contributed by atoms with Gasteiger partial charge in [0.1, 0.15) is 5.69 Å². The highest BCUT2D eigenvalue weighted by Crippen LogP contribution is 2.40. The van der Waals surface area contributed by atoms with Crippen molar-refractivity contribution in [2.45, 2.75) is 58.4 Å². The predicted molar refractivity (Wildman–Crippen MR) is 103 cm³/mol. The summed E-state index contributed by atoms with van der Waals surface area (Å²) in [6.45, 7) is 7.92. The smallest absolute Gasteiger partial charge is 0.273 e. The van der Waals surface area contributed by atoms with Gasteiger partial charge >= 0.3 is 0 Å². The molecule has 2 amide bonds. The van der Waals surface area contributed by atoms with E-state index in [1.807, 2.05) is 31.5 Å². The maximum atomic E-state index is 12.8. The van der Waals surface area contributed by atoms with E-state index in [1.165, 1.54) is 0 Å². The first-order chi connectivity index (χ1) is 12.3. The van der Waals surface area contributed by atoms with Crippen LogP contribution in [0, 0.1) is 0 Å². The molecule has 6 heteroatoms. The molecule has 0 aliphatic heterocycles. The number of benzene rings is 1. The number of nitrogens with zero attached hydrogens (tertiary/aromatic N) is 2. The fourth-order valence-corrected chi connectivity index (χ4v) is 2.73. The van der Waals surface area contributed by atoms with Gasteiger partial charge in [-0.15, -0.1) is 0 Å². The molecular weight excluding hydrogens is 328 g/mol. The Balaban J connectivity index is 1.76. The number of anilines is 2. The van der Waals surface area contributed by atoms with Gasteiger partial charge in [-0.3, -0.25) is 14.3 Å². The van der Waals surface area contributed by atoms with Crippen LogP contribution in [0.5, 0.6) is 0 Å². The van der Waals surface area contributed by atoms with Crippen LogP contribution in [-0.4, -0.2) is 21.6 Å². The lowest BCUT2D eigenvalue weighted by Gasteiger charge is -2.22. The molecule has 0 unspecified atom stereocenters. The largest absolute Gasteiger partial charge is 0.326 e. The second kappa shape index (κ2) is 6.94. The van der Waals surface area contributed by atoms with E-state index in [2.05, 4.69) is 15.7 Å². The molecule has 1 saturated carbocycles. The molecule has 1 fully saturated rings. The van der Waals surface area contributed by atoms with Gasteiger partial charge in [-0.25, -0.2) is 0 Å². The van der Waals surface area contributed by atoms with Gasteiger partial charge < -0.3 is 10.6 Å². The molecule has 2 N–H and O–H groups in total. The summed E-state index contributed by atoms with van der Waals surface area (Å²) in [5, 5.41) is 10.4. The lowest BCUT2D eigenvalue weighted by molar-refractivity contribution is -0.115. The van der Waals surface area contributed by atoms with Crippen molar-refractivity contribution in [3.8, 4) is 0 Å². The van der Waals surface area contributed by atoms with Crippen molar-refractivity contribution in [3.05, 3.63) is 41.7 Å². The van der Waals surface area contributed by atoms with Crippen LogP contribution in [-0.2, 0) is 10.3 Å². The van der Waals surface area contributed by atoms with Crippen molar-refractivity contribution in [2.24, 2.45) is 0 Å². The minimum Gasteiger partial charge on any atom is -0.326 e. The number of aromatic nitrogens is 2. The van der Waals surface area contributed by atoms with Crippen molar-refractivity contribution in [2.75, 3.05) is 10.6 Å². The summed E-state index contributed by atoms with van der Waals surface area (Å²) in [5.41, 5.74) is 2.70. The van der Waals surface area contributed by atoms with E-state index in [1.54, 1.807) is 31.2 Å². The van der Waals surface area contributed by atoms with E-state index < -0.39 is 0 Å². The van der Waals surface area contributed by atoms with E-state index in [0.717, 1.165) is 18.5 Å². The van der Waals surface area contributed by atoms with Crippen LogP contribution in [0.1, 0.15) is 69.1 Å². The average molecular weight is 354 g/mol. The van der Waals surface area contributed by atoms with Crippen molar-refractivity contribution < 1.29 is 9.59 Å². The van der Waals surface area contributed by atoms with Crippen LogP contribution in [0.3, 0.4) is 0 Å². The quantitative estimate of drug-likeness (QED) is 0.848. The van der Waals surface area contributed by atoms with Crippen molar-refractivity contribution >= 4 is 23.2 Å². The number of hydrogen-bond acceptors (Lipinski definition) is 3. The third-order valence-electron chi connectivity index (χ3n) is 4.34. The molecule has 26 heavy (non-hydrogen) atoms. The average Bonchev–Trinajstić information content (AvgIpc) is 3.33. The Kier molecular flexibility index (Phi) is 4.85. The van der Waals surface area contributed by atoms with E-state index in [9.17, 15) is 9.59 Å². The van der Waals surface area contributed by atoms with Crippen LogP contribution in [0.15, 0.2) is 30.3 Å². The van der Waals surface area contributed by atoms with Crippen LogP contribution in [0.4, 0.5) is 11.4 Å². The molecule has 3 rings (SSSR count). The molecule has 1 aliphatic carbocycles. The van der Waals surface area contributed by atoms with E-state index in [-0.39, 0.29) is 17.4 Å². The summed E-state index contributed by atoms with van der Waals surface area (Å²) < 4.78 is 1.81. The first-order valence-corrected chi connectivity index (χ1v) is 9.09. The third-order valence-corrected chi connectivity index (χ3v) is 4.34. The molecule has 0 bridgehead atoms. The van der Waals surface area contributed by atoms with Gasteiger partial charge in [0.25, 0.3) is 5.91 Å². The minimum atomic E-state index is -0.270. The number of carbonyl (C=O) groups is 2. The summed E-state index contributed by atoms with van der Waals surface area (Å²) in [6, 6.07) is 9.03. The van der Waals surface area contributed by atoms with Gasteiger partial charge in [-0.05, 0) is 63.9 Å². The molecule has 1 aromatic carbocycles. The molecule has 138 valence electrons. The molecule has 1 aliphatic rings. The molecule has 0 spiro atoms. The standard InChI is InChI=1S/C20H26N4O2/c1-5-18(25)21-14-8-10-15(11-9-14)22-19(26)17-12-16(13-6-7-13)23-24(17)20(2,3)4/h8-13H,5-7H2,1-4H3,(H,21,25)(H,22,26). The molecule has 0 atom stereocenters. The lowest BCUT2D eigenvalue weighted by Crippen LogP contribution is -2.29. The summed E-state index contributed by atoms with van der Waals surface area (Å²) in [6.07, 6.45) is 2.72. The van der Waals surface area contributed by atoms with Crippen LogP contribution in [0.2, 0.25) is 0 Å². The fraction of sp³-hybridized carbons (Fsp3) is 0.450. The number of carbonyl (C=O) groups excluding carboxylic acids is 2. The number of amides is 2. The second-order valence-electron chi connectivity index (χ2n) is 7.74. The van der Waals surface area contributed by atoms with Crippen LogP contribution in [0.25, 0.3) is 0 Å². The van der Waals surface area contributed by atoms with Gasteiger partial charge in [0.2, 0.25) is 5.91 Å². The van der Waals surface area contributed by atoms with E-state index in [0.29, 0.717) is 29.4 Å². The maximum Gasteiger partial charge on any atom is 0.273 e. The van der Waals surface area contributed by atoms with Crippen LogP contribution >= 0.6 is 0 Å². The SMILES string of the molecule is CCC(=O)Nc1ccc(NC(=O)c2cc(C3CC3)nn2C(C)(C)C)cc1. The number of rotatable bonds is 5. The summed E-state index contributed by atoms with van der Waals surface area (Å²) in [5.74, 6) is 0.278. The Hall–Kier alpha value is -2.63. The van der Waals surface area contributed by atoms with Crippen molar-refractivity contribution in [1.29, 1.82) is 0 Å². The highest BCUT2D eigenvalue weighted by Gasteiger charge is 2.31. The monoisotopic (exact) mass is 354 g/mol. The topological polar surface area (TPSA) is 76.0 Å². The number of nitrogens with one attached hydrogen (secondary N) is 2. The first-order valence-electron chi connectivity index (χ1n) is 9.09. The molecule has 1 aromatic heterocycles. The summed E-state index contributed by atoms with van der Waals surface area (Å²) in [4.78, 5) is 24.2. The Bertz CT molecular complexity index is 811. The van der Waals surface area contributed by atoms with Gasteiger partial charge in [0.05, 0.1) is 11.2 Å². The Morgan fingerprint density at radius 3 is 2.19 bits per heavy atom. The highest BCUT2D eigenvalue weighted by atomic mass is 16.2. The van der Waals surface area contributed by atoms with Gasteiger partial charge in [0.15, 0.2) is 0 Å². The van der Waals surface area contributed by atoms with Crippen LogP contribution < -0.4 is 10.6 Å². The number of hydrogen-bond donors (Lipinski definition) is 2. The molecule has 0 radical (unpaired) electrons. The molecule has 2 aromatic rings. The van der Waals surface area contributed by atoms with Crippen molar-refractivity contribution in [3.63, 3.8) is 0 Å². The van der Waals surface area contributed by atoms with Gasteiger partial charge in [-0.2, -0.15) is 5.10 Å². The molecular formula is C20H26N4O2. The normalized spacial score (nSPS) is 14.2. The molecule has 1 heterocycles. The zero-order valence-electron chi connectivity index (χ0n) is 15.8. The summed E-state index contributed by atoms with van der Waals surface area (Å²) in [7, 11) is 0. The minimum absolute atomic E-state index is 0.0385. The van der Waals surface area contributed by atoms with Crippen molar-refractivity contribution in [1.82, 2.24) is 9.78 Å². The fourth-order valence-electron chi connectivity index (χ4n) is 2.73. The Morgan fingerprint density at radius 1 is 1.12 bits per heavy atom. The maximum absolute atomic E-state index is 12.8. The Labute approximate surface area is 154 Å². The third kappa shape index (κ3) is 4.12. The zero-order valence-corrected chi connectivity index (χ0v) is 15.8. The zero-order chi connectivity index (χ0) is 18.9. The van der Waals surface area contributed by atoms with E-state index >= 15 is 0 Å². The summed E-state index contributed by atoms with van der Waals surface area (Å²) >= 11 is 0.